The van der Waals surface area contributed by atoms with Crippen molar-refractivity contribution in [3.63, 3.8) is 0 Å². The molecule has 0 spiro atoms. The fourth-order valence-electron chi connectivity index (χ4n) is 2.76. The molecule has 2 N–H and O–H groups in total. The van der Waals surface area contributed by atoms with Crippen LogP contribution in [0.1, 0.15) is 0 Å². The highest BCUT2D eigenvalue weighted by Gasteiger charge is 2.21. The predicted molar refractivity (Wildman–Crippen MR) is 108 cm³/mol. The Morgan fingerprint density at radius 2 is 1.89 bits per heavy atom. The number of carbonyl (C=O) groups is 1. The number of urea groups is 1. The van der Waals surface area contributed by atoms with Gasteiger partial charge in [-0.2, -0.15) is 5.10 Å². The first-order valence-electron chi connectivity index (χ1n) is 8.51. The van der Waals surface area contributed by atoms with E-state index in [-0.39, 0.29) is 6.10 Å². The van der Waals surface area contributed by atoms with Crippen LogP contribution >= 0.6 is 23.2 Å². The molecule has 0 aliphatic carbocycles. The molecular weight excluding hydrogens is 403 g/mol. The van der Waals surface area contributed by atoms with E-state index in [1.807, 2.05) is 24.3 Å². The Kier molecular flexibility index (Phi) is 5.27. The molecule has 2 aromatic carbocycles. The van der Waals surface area contributed by atoms with Crippen LogP contribution in [0, 0.1) is 0 Å². The van der Waals surface area contributed by atoms with E-state index >= 15 is 0 Å². The largest absolute Gasteiger partial charge is 0.486 e. The third kappa shape index (κ3) is 4.32. The van der Waals surface area contributed by atoms with E-state index in [1.54, 1.807) is 35.3 Å². The Labute approximate surface area is 171 Å². The van der Waals surface area contributed by atoms with E-state index in [0.717, 1.165) is 5.75 Å². The minimum atomic E-state index is -0.413. The van der Waals surface area contributed by atoms with Crippen LogP contribution in [0.2, 0.25) is 10.0 Å². The number of halogens is 2. The maximum Gasteiger partial charge on any atom is 0.323 e. The molecule has 1 aromatic heterocycles. The zero-order valence-electron chi connectivity index (χ0n) is 14.6. The zero-order chi connectivity index (χ0) is 19.5. The first-order valence-corrected chi connectivity index (χ1v) is 9.26. The van der Waals surface area contributed by atoms with E-state index in [2.05, 4.69) is 15.7 Å². The summed E-state index contributed by atoms with van der Waals surface area (Å²) in [7, 11) is 0. The summed E-state index contributed by atoms with van der Waals surface area (Å²) in [5.74, 6) is 1.45. The van der Waals surface area contributed by atoms with Crippen LogP contribution in [0.25, 0.3) is 0 Å². The van der Waals surface area contributed by atoms with Crippen LogP contribution in [-0.4, -0.2) is 28.5 Å². The van der Waals surface area contributed by atoms with Gasteiger partial charge in [0.1, 0.15) is 6.61 Å². The topological polar surface area (TPSA) is 77.4 Å². The summed E-state index contributed by atoms with van der Waals surface area (Å²) in [6, 6.07) is 12.0. The van der Waals surface area contributed by atoms with Crippen LogP contribution in [0.15, 0.2) is 54.9 Å². The Bertz CT molecular complexity index is 1010. The Balaban J connectivity index is 1.33. The number of anilines is 2. The number of amides is 2. The molecular formula is C19H16Cl2N4O3. The first-order chi connectivity index (χ1) is 13.6. The number of fused-ring (bicyclic) bond motifs is 1. The van der Waals surface area contributed by atoms with E-state index in [9.17, 15) is 4.79 Å². The van der Waals surface area contributed by atoms with Gasteiger partial charge < -0.3 is 20.1 Å². The van der Waals surface area contributed by atoms with Gasteiger partial charge in [-0.1, -0.05) is 35.3 Å². The number of ether oxygens (including phenoxy) is 2. The van der Waals surface area contributed by atoms with E-state index in [0.29, 0.717) is 40.3 Å². The molecule has 2 amide bonds. The predicted octanol–water partition coefficient (Wildman–Crippen LogP) is 4.67. The SMILES string of the molecule is O=C(Nc1ccc(Cl)c(Cl)c1)Nc1cnn(CC2COc3ccccc3O2)c1. The van der Waals surface area contributed by atoms with Crippen LogP contribution in [0.3, 0.4) is 0 Å². The highest BCUT2D eigenvalue weighted by atomic mass is 35.5. The molecule has 144 valence electrons. The average molecular weight is 419 g/mol. The van der Waals surface area contributed by atoms with Gasteiger partial charge in [-0.05, 0) is 30.3 Å². The molecule has 0 saturated carbocycles. The van der Waals surface area contributed by atoms with Crippen molar-refractivity contribution in [3.8, 4) is 11.5 Å². The molecule has 1 aliphatic heterocycles. The number of hydrogen-bond acceptors (Lipinski definition) is 4. The summed E-state index contributed by atoms with van der Waals surface area (Å²) in [5, 5.41) is 10.4. The van der Waals surface area contributed by atoms with Gasteiger partial charge in [0.2, 0.25) is 0 Å². The average Bonchev–Trinajstić information content (AvgIpc) is 3.11. The number of hydrogen-bond donors (Lipinski definition) is 2. The molecule has 2 heterocycles. The molecule has 28 heavy (non-hydrogen) atoms. The zero-order valence-corrected chi connectivity index (χ0v) is 16.1. The van der Waals surface area contributed by atoms with Crippen LogP contribution in [-0.2, 0) is 6.54 Å². The molecule has 4 rings (SSSR count). The monoisotopic (exact) mass is 418 g/mol. The van der Waals surface area contributed by atoms with Crippen molar-refractivity contribution < 1.29 is 14.3 Å². The first kappa shape index (κ1) is 18.5. The lowest BCUT2D eigenvalue weighted by atomic mass is 10.2. The molecule has 9 heteroatoms. The summed E-state index contributed by atoms with van der Waals surface area (Å²) in [5.41, 5.74) is 1.08. The Morgan fingerprint density at radius 1 is 1.11 bits per heavy atom. The lowest BCUT2D eigenvalue weighted by Gasteiger charge is -2.26. The summed E-state index contributed by atoms with van der Waals surface area (Å²) >= 11 is 11.8. The maximum atomic E-state index is 12.1. The second kappa shape index (κ2) is 8.00. The normalized spacial score (nSPS) is 15.1. The molecule has 1 aliphatic rings. The number of benzene rings is 2. The fourth-order valence-corrected chi connectivity index (χ4v) is 3.06. The van der Waals surface area contributed by atoms with Gasteiger partial charge in [0.05, 0.1) is 28.5 Å². The minimum Gasteiger partial charge on any atom is -0.486 e. The number of nitrogens with one attached hydrogen (secondary N) is 2. The van der Waals surface area contributed by atoms with E-state index in [1.165, 1.54) is 0 Å². The van der Waals surface area contributed by atoms with E-state index in [4.69, 9.17) is 32.7 Å². The summed E-state index contributed by atoms with van der Waals surface area (Å²) in [6.45, 7) is 0.919. The highest BCUT2D eigenvalue weighted by Crippen LogP contribution is 2.31. The smallest absolute Gasteiger partial charge is 0.323 e. The molecule has 0 saturated heterocycles. The summed E-state index contributed by atoms with van der Waals surface area (Å²) < 4.78 is 13.3. The molecule has 0 fully saturated rings. The van der Waals surface area contributed by atoms with Gasteiger partial charge in [-0.3, -0.25) is 4.68 Å². The number of carbonyl (C=O) groups excluding carboxylic acids is 1. The van der Waals surface area contributed by atoms with Gasteiger partial charge in [0, 0.05) is 11.9 Å². The molecule has 3 aromatic rings. The maximum absolute atomic E-state index is 12.1. The van der Waals surface area contributed by atoms with Gasteiger partial charge in [-0.15, -0.1) is 0 Å². The molecule has 0 radical (unpaired) electrons. The van der Waals surface area contributed by atoms with Gasteiger partial charge in [-0.25, -0.2) is 4.79 Å². The highest BCUT2D eigenvalue weighted by molar-refractivity contribution is 6.42. The van der Waals surface area contributed by atoms with Crippen molar-refractivity contribution in [3.05, 3.63) is 64.9 Å². The lowest BCUT2D eigenvalue weighted by molar-refractivity contribution is 0.0759. The fraction of sp³-hybridized carbons (Fsp3) is 0.158. The number of para-hydroxylation sites is 2. The van der Waals surface area contributed by atoms with Crippen LogP contribution in [0.5, 0.6) is 11.5 Å². The van der Waals surface area contributed by atoms with Crippen molar-refractivity contribution in [2.45, 2.75) is 12.6 Å². The number of nitrogens with zero attached hydrogens (tertiary/aromatic N) is 2. The standard InChI is InChI=1S/C19H16Cl2N4O3/c20-15-6-5-12(7-16(15)21)23-19(26)24-13-8-22-25(9-13)10-14-11-27-17-3-1-2-4-18(17)28-14/h1-9,14H,10-11H2,(H2,23,24,26). The minimum absolute atomic E-state index is 0.173. The van der Waals surface area contributed by atoms with Crippen molar-refractivity contribution in [1.82, 2.24) is 9.78 Å². The number of rotatable bonds is 4. The second-order valence-electron chi connectivity index (χ2n) is 6.16. The van der Waals surface area contributed by atoms with Gasteiger partial charge >= 0.3 is 6.03 Å². The molecule has 7 nitrogen and oxygen atoms in total. The molecule has 0 bridgehead atoms. The molecule has 1 atom stereocenters. The van der Waals surface area contributed by atoms with Crippen molar-refractivity contribution in [1.29, 1.82) is 0 Å². The second-order valence-corrected chi connectivity index (χ2v) is 6.97. The van der Waals surface area contributed by atoms with Crippen molar-refractivity contribution in [2.75, 3.05) is 17.2 Å². The summed E-state index contributed by atoms with van der Waals surface area (Å²) in [6.07, 6.45) is 3.11. The Hall–Kier alpha value is -2.90. The Morgan fingerprint density at radius 3 is 2.71 bits per heavy atom. The van der Waals surface area contributed by atoms with Gasteiger partial charge in [0.15, 0.2) is 17.6 Å². The van der Waals surface area contributed by atoms with E-state index < -0.39 is 6.03 Å². The third-order valence-corrected chi connectivity index (χ3v) is 4.77. The van der Waals surface area contributed by atoms with Crippen LogP contribution in [0.4, 0.5) is 16.2 Å². The quantitative estimate of drug-likeness (QED) is 0.644. The van der Waals surface area contributed by atoms with Crippen molar-refractivity contribution in [2.24, 2.45) is 0 Å². The van der Waals surface area contributed by atoms with Crippen molar-refractivity contribution >= 4 is 40.6 Å². The number of aromatic nitrogens is 2. The third-order valence-electron chi connectivity index (χ3n) is 4.03. The van der Waals surface area contributed by atoms with Gasteiger partial charge in [0.25, 0.3) is 0 Å². The molecule has 1 unspecified atom stereocenters. The lowest BCUT2D eigenvalue weighted by Crippen LogP contribution is -2.33. The van der Waals surface area contributed by atoms with Crippen LogP contribution < -0.4 is 20.1 Å². The summed E-state index contributed by atoms with van der Waals surface area (Å²) in [4.78, 5) is 12.1.